The Hall–Kier alpha value is -1.55. The van der Waals surface area contributed by atoms with E-state index in [1.165, 1.54) is 21.9 Å². The van der Waals surface area contributed by atoms with E-state index in [1.54, 1.807) is 24.5 Å². The van der Waals surface area contributed by atoms with Crippen LogP contribution in [0, 0.1) is 5.82 Å². The fourth-order valence-corrected chi connectivity index (χ4v) is 2.86. The number of anilines is 1. The zero-order valence-corrected chi connectivity index (χ0v) is 12.2. The third kappa shape index (κ3) is 3.26. The molecule has 2 aromatic rings. The zero-order valence-electron chi connectivity index (χ0n) is 11.4. The van der Waals surface area contributed by atoms with Gasteiger partial charge in [-0.15, -0.1) is 11.3 Å². The summed E-state index contributed by atoms with van der Waals surface area (Å²) < 4.78 is 18.3. The maximum Gasteiger partial charge on any atom is 0.144 e. The van der Waals surface area contributed by atoms with Crippen LogP contribution >= 0.6 is 11.3 Å². The van der Waals surface area contributed by atoms with Gasteiger partial charge in [-0.2, -0.15) is 0 Å². The van der Waals surface area contributed by atoms with Crippen molar-refractivity contribution in [3.63, 3.8) is 0 Å². The molecule has 0 fully saturated rings. The maximum absolute atomic E-state index is 13.1. The molecule has 1 heterocycles. The maximum atomic E-state index is 13.1. The molecule has 1 aromatic carbocycles. The molecule has 102 valence electrons. The van der Waals surface area contributed by atoms with Crippen LogP contribution in [-0.4, -0.2) is 7.11 Å². The van der Waals surface area contributed by atoms with E-state index in [2.05, 4.69) is 31.3 Å². The summed E-state index contributed by atoms with van der Waals surface area (Å²) in [7, 11) is 1.55. The van der Waals surface area contributed by atoms with Gasteiger partial charge in [-0.25, -0.2) is 4.39 Å². The SMILES string of the molecule is CCc1ccc(C(C)Nc2ccc(F)cc2OC)s1. The smallest absolute Gasteiger partial charge is 0.144 e. The van der Waals surface area contributed by atoms with Crippen molar-refractivity contribution < 1.29 is 9.13 Å². The van der Waals surface area contributed by atoms with Gasteiger partial charge in [0.2, 0.25) is 0 Å². The fourth-order valence-electron chi connectivity index (χ4n) is 1.91. The lowest BCUT2D eigenvalue weighted by atomic mass is 10.2. The quantitative estimate of drug-likeness (QED) is 0.861. The van der Waals surface area contributed by atoms with E-state index in [0.717, 1.165) is 12.1 Å². The number of benzene rings is 1. The van der Waals surface area contributed by atoms with Crippen LogP contribution in [0.4, 0.5) is 10.1 Å². The summed E-state index contributed by atoms with van der Waals surface area (Å²) in [5, 5.41) is 3.36. The van der Waals surface area contributed by atoms with E-state index in [4.69, 9.17) is 4.74 Å². The number of nitrogens with one attached hydrogen (secondary N) is 1. The topological polar surface area (TPSA) is 21.3 Å². The summed E-state index contributed by atoms with van der Waals surface area (Å²) in [5.41, 5.74) is 0.808. The van der Waals surface area contributed by atoms with Gasteiger partial charge in [-0.05, 0) is 37.6 Å². The fraction of sp³-hybridized carbons (Fsp3) is 0.333. The number of ether oxygens (including phenoxy) is 1. The summed E-state index contributed by atoms with van der Waals surface area (Å²) in [5.74, 6) is 0.235. The van der Waals surface area contributed by atoms with Gasteiger partial charge in [0.05, 0.1) is 18.8 Å². The van der Waals surface area contributed by atoms with E-state index in [0.29, 0.717) is 5.75 Å². The molecule has 0 spiro atoms. The monoisotopic (exact) mass is 279 g/mol. The predicted octanol–water partition coefficient (Wildman–Crippen LogP) is 4.63. The molecule has 4 heteroatoms. The third-order valence-electron chi connectivity index (χ3n) is 2.99. The normalized spacial score (nSPS) is 12.2. The predicted molar refractivity (Wildman–Crippen MR) is 78.7 cm³/mol. The molecule has 0 aliphatic carbocycles. The zero-order chi connectivity index (χ0) is 13.8. The Bertz CT molecular complexity index is 553. The second kappa shape index (κ2) is 6.06. The first-order valence-electron chi connectivity index (χ1n) is 6.32. The van der Waals surface area contributed by atoms with Crippen molar-refractivity contribution in [1.29, 1.82) is 0 Å². The number of halogens is 1. The lowest BCUT2D eigenvalue weighted by Crippen LogP contribution is -2.06. The average Bonchev–Trinajstić information content (AvgIpc) is 2.89. The Morgan fingerprint density at radius 3 is 2.74 bits per heavy atom. The minimum atomic E-state index is -0.292. The van der Waals surface area contributed by atoms with Crippen LogP contribution in [0.3, 0.4) is 0 Å². The molecule has 0 radical (unpaired) electrons. The molecule has 1 aromatic heterocycles. The molecule has 1 atom stereocenters. The van der Waals surface area contributed by atoms with Crippen LogP contribution in [-0.2, 0) is 6.42 Å². The van der Waals surface area contributed by atoms with Crippen LogP contribution in [0.15, 0.2) is 30.3 Å². The van der Waals surface area contributed by atoms with Crippen molar-refractivity contribution in [2.24, 2.45) is 0 Å². The van der Waals surface area contributed by atoms with Crippen LogP contribution in [0.25, 0.3) is 0 Å². The molecule has 2 nitrogen and oxygen atoms in total. The summed E-state index contributed by atoms with van der Waals surface area (Å²) in [6.07, 6.45) is 1.05. The van der Waals surface area contributed by atoms with Crippen LogP contribution < -0.4 is 10.1 Å². The van der Waals surface area contributed by atoms with Gasteiger partial charge < -0.3 is 10.1 Å². The molecule has 1 unspecified atom stereocenters. The summed E-state index contributed by atoms with van der Waals surface area (Å²) in [4.78, 5) is 2.64. The largest absolute Gasteiger partial charge is 0.494 e. The molecule has 0 saturated carbocycles. The van der Waals surface area contributed by atoms with Crippen LogP contribution in [0.2, 0.25) is 0 Å². The highest BCUT2D eigenvalue weighted by Gasteiger charge is 2.11. The van der Waals surface area contributed by atoms with Gasteiger partial charge in [0.1, 0.15) is 11.6 Å². The molecule has 0 aliphatic rings. The van der Waals surface area contributed by atoms with Crippen molar-refractivity contribution in [2.45, 2.75) is 26.3 Å². The van der Waals surface area contributed by atoms with E-state index in [9.17, 15) is 4.39 Å². The Morgan fingerprint density at radius 2 is 2.11 bits per heavy atom. The summed E-state index contributed by atoms with van der Waals surface area (Å²) in [6.45, 7) is 4.24. The van der Waals surface area contributed by atoms with Gasteiger partial charge in [0.25, 0.3) is 0 Å². The Labute approximate surface area is 117 Å². The minimum Gasteiger partial charge on any atom is -0.494 e. The lowest BCUT2D eigenvalue weighted by molar-refractivity contribution is 0.412. The first-order valence-corrected chi connectivity index (χ1v) is 7.14. The number of thiophene rings is 1. The van der Waals surface area contributed by atoms with Crippen molar-refractivity contribution in [3.05, 3.63) is 45.9 Å². The van der Waals surface area contributed by atoms with E-state index < -0.39 is 0 Å². The summed E-state index contributed by atoms with van der Waals surface area (Å²) in [6, 6.07) is 8.99. The highest BCUT2D eigenvalue weighted by Crippen LogP contribution is 2.31. The Balaban J connectivity index is 2.16. The Kier molecular flexibility index (Phi) is 4.43. The molecule has 19 heavy (non-hydrogen) atoms. The molecule has 0 amide bonds. The van der Waals surface area contributed by atoms with Gasteiger partial charge >= 0.3 is 0 Å². The van der Waals surface area contributed by atoms with Crippen molar-refractivity contribution in [3.8, 4) is 5.75 Å². The molecule has 1 N–H and O–H groups in total. The molecular weight excluding hydrogens is 261 g/mol. The summed E-state index contributed by atoms with van der Waals surface area (Å²) >= 11 is 1.80. The number of methoxy groups -OCH3 is 1. The number of aryl methyl sites for hydroxylation is 1. The van der Waals surface area contributed by atoms with Gasteiger partial charge in [0.15, 0.2) is 0 Å². The van der Waals surface area contributed by atoms with Crippen LogP contribution in [0.1, 0.15) is 29.6 Å². The van der Waals surface area contributed by atoms with E-state index in [1.807, 2.05) is 0 Å². The van der Waals surface area contributed by atoms with Gasteiger partial charge in [-0.1, -0.05) is 6.92 Å². The molecule has 0 saturated heterocycles. The molecule has 0 bridgehead atoms. The van der Waals surface area contributed by atoms with Crippen LogP contribution in [0.5, 0.6) is 5.75 Å². The lowest BCUT2D eigenvalue weighted by Gasteiger charge is -2.16. The highest BCUT2D eigenvalue weighted by atomic mass is 32.1. The molecule has 2 rings (SSSR count). The van der Waals surface area contributed by atoms with Crippen molar-refractivity contribution >= 4 is 17.0 Å². The van der Waals surface area contributed by atoms with E-state index in [-0.39, 0.29) is 11.9 Å². The Morgan fingerprint density at radius 1 is 1.32 bits per heavy atom. The first kappa shape index (κ1) is 13.9. The van der Waals surface area contributed by atoms with Gasteiger partial charge in [0, 0.05) is 15.8 Å². The average molecular weight is 279 g/mol. The second-order valence-corrected chi connectivity index (χ2v) is 5.57. The number of hydrogen-bond donors (Lipinski definition) is 1. The van der Waals surface area contributed by atoms with E-state index >= 15 is 0 Å². The van der Waals surface area contributed by atoms with Crippen molar-refractivity contribution in [2.75, 3.05) is 12.4 Å². The second-order valence-electron chi connectivity index (χ2n) is 4.37. The minimum absolute atomic E-state index is 0.171. The highest BCUT2D eigenvalue weighted by molar-refractivity contribution is 7.12. The molecular formula is C15H18FNOS. The van der Waals surface area contributed by atoms with Crippen molar-refractivity contribution in [1.82, 2.24) is 0 Å². The van der Waals surface area contributed by atoms with Gasteiger partial charge in [-0.3, -0.25) is 0 Å². The first-order chi connectivity index (χ1) is 9.13. The number of rotatable bonds is 5. The number of hydrogen-bond acceptors (Lipinski definition) is 3. The standard InChI is InChI=1S/C15H18FNOS/c1-4-12-6-8-15(19-12)10(2)17-13-7-5-11(16)9-14(13)18-3/h5-10,17H,4H2,1-3H3. The third-order valence-corrected chi connectivity index (χ3v) is 4.41. The molecule has 0 aliphatic heterocycles.